The minimum absolute atomic E-state index is 0.0614. The van der Waals surface area contributed by atoms with Crippen molar-refractivity contribution in [3.8, 4) is 0 Å². The molecule has 152 valence electrons. The maximum atomic E-state index is 13.3. The number of nitrogens with two attached hydrogens (primary N) is 1. The Morgan fingerprint density at radius 1 is 1.20 bits per heavy atom. The first kappa shape index (κ1) is 19.6. The van der Waals surface area contributed by atoms with Crippen LogP contribution in [0.5, 0.6) is 0 Å². The number of nitrogen functional groups attached to an aromatic ring is 1. The summed E-state index contributed by atoms with van der Waals surface area (Å²) in [5.74, 6) is -0.0470. The van der Waals surface area contributed by atoms with Crippen molar-refractivity contribution in [2.75, 3.05) is 5.73 Å². The highest BCUT2D eigenvalue weighted by atomic mass is 16.2. The Balaban J connectivity index is 2.07. The van der Waals surface area contributed by atoms with E-state index in [-0.39, 0.29) is 28.9 Å². The molecule has 30 heavy (non-hydrogen) atoms. The van der Waals surface area contributed by atoms with Crippen LogP contribution in [0.3, 0.4) is 0 Å². The van der Waals surface area contributed by atoms with Crippen molar-refractivity contribution < 1.29 is 9.36 Å². The molecular formula is C23H24N5O2+. The zero-order valence-corrected chi connectivity index (χ0v) is 17.2. The summed E-state index contributed by atoms with van der Waals surface area (Å²) in [7, 11) is 0. The van der Waals surface area contributed by atoms with Crippen LogP contribution in [-0.4, -0.2) is 21.3 Å². The van der Waals surface area contributed by atoms with Gasteiger partial charge in [-0.3, -0.25) is 14.0 Å². The number of rotatable bonds is 4. The van der Waals surface area contributed by atoms with E-state index in [1.165, 1.54) is 4.40 Å². The highest BCUT2D eigenvalue weighted by Crippen LogP contribution is 2.17. The van der Waals surface area contributed by atoms with Crippen molar-refractivity contribution >= 4 is 28.4 Å². The van der Waals surface area contributed by atoms with Gasteiger partial charge in [0, 0.05) is 17.8 Å². The molecule has 3 heterocycles. The van der Waals surface area contributed by atoms with Crippen LogP contribution >= 0.6 is 0 Å². The van der Waals surface area contributed by atoms with E-state index in [1.807, 2.05) is 57.2 Å². The molecule has 0 atom stereocenters. The standard InChI is InChI=1S/C23H23N5O2/c1-14(2)25-22(29)17-12-18-21(26-20-15(3)8-7-11-27(20)23(18)30)28(19(17)24)13-16-9-5-4-6-10-16/h4-12,14,24H,13H2,1-3H3,(H,25,29)/p+1. The van der Waals surface area contributed by atoms with Crippen LogP contribution in [-0.2, 0) is 6.54 Å². The van der Waals surface area contributed by atoms with Crippen molar-refractivity contribution in [2.24, 2.45) is 0 Å². The lowest BCUT2D eigenvalue weighted by molar-refractivity contribution is -0.649. The third-order valence-corrected chi connectivity index (χ3v) is 5.02. The number of benzene rings is 1. The maximum Gasteiger partial charge on any atom is 0.278 e. The van der Waals surface area contributed by atoms with E-state index in [0.717, 1.165) is 11.1 Å². The Morgan fingerprint density at radius 2 is 1.93 bits per heavy atom. The molecule has 0 bridgehead atoms. The summed E-state index contributed by atoms with van der Waals surface area (Å²) in [6.45, 7) is 6.04. The van der Waals surface area contributed by atoms with Gasteiger partial charge < -0.3 is 11.1 Å². The molecule has 1 aromatic carbocycles. The van der Waals surface area contributed by atoms with Crippen LogP contribution in [0, 0.1) is 6.92 Å². The summed E-state index contributed by atoms with van der Waals surface area (Å²) in [6.07, 6.45) is 1.68. The lowest BCUT2D eigenvalue weighted by atomic mass is 10.1. The molecule has 3 N–H and O–H groups in total. The highest BCUT2D eigenvalue weighted by Gasteiger charge is 2.25. The smallest absolute Gasteiger partial charge is 0.278 e. The molecule has 0 aliphatic heterocycles. The van der Waals surface area contributed by atoms with Gasteiger partial charge in [-0.05, 0) is 38.5 Å². The summed E-state index contributed by atoms with van der Waals surface area (Å²) in [4.78, 5) is 30.9. The topological polar surface area (TPSA) is 93.4 Å². The first-order valence-electron chi connectivity index (χ1n) is 9.85. The second kappa shape index (κ2) is 7.59. The third kappa shape index (κ3) is 3.39. The molecule has 1 amide bonds. The van der Waals surface area contributed by atoms with Crippen molar-refractivity contribution in [1.29, 1.82) is 0 Å². The fourth-order valence-corrected chi connectivity index (χ4v) is 3.56. The van der Waals surface area contributed by atoms with E-state index in [0.29, 0.717) is 23.2 Å². The second-order valence-corrected chi connectivity index (χ2v) is 7.68. The Bertz CT molecular complexity index is 1330. The number of carbonyl (C=O) groups excluding carboxylic acids is 1. The zero-order chi connectivity index (χ0) is 21.4. The molecule has 0 unspecified atom stereocenters. The molecular weight excluding hydrogens is 378 g/mol. The number of nitrogens with zero attached hydrogens (tertiary/aromatic N) is 3. The van der Waals surface area contributed by atoms with Crippen LogP contribution in [0.15, 0.2) is 59.5 Å². The van der Waals surface area contributed by atoms with Crippen LogP contribution in [0.25, 0.3) is 16.7 Å². The lowest BCUT2D eigenvalue weighted by Gasteiger charge is -2.14. The number of aromatic nitrogens is 3. The molecule has 7 nitrogen and oxygen atoms in total. The molecule has 7 heteroatoms. The fourth-order valence-electron chi connectivity index (χ4n) is 3.56. The minimum Gasteiger partial charge on any atom is -0.350 e. The lowest BCUT2D eigenvalue weighted by Crippen LogP contribution is -2.43. The first-order chi connectivity index (χ1) is 14.4. The molecule has 0 saturated carbocycles. The van der Waals surface area contributed by atoms with E-state index in [1.54, 1.807) is 22.9 Å². The van der Waals surface area contributed by atoms with E-state index < -0.39 is 0 Å². The van der Waals surface area contributed by atoms with Crippen LogP contribution in [0.2, 0.25) is 0 Å². The minimum atomic E-state index is -0.319. The monoisotopic (exact) mass is 402 g/mol. The van der Waals surface area contributed by atoms with Gasteiger partial charge in [-0.2, -0.15) is 0 Å². The molecule has 0 radical (unpaired) electrons. The van der Waals surface area contributed by atoms with Crippen molar-refractivity contribution in [3.05, 3.63) is 81.8 Å². The van der Waals surface area contributed by atoms with Crippen molar-refractivity contribution in [2.45, 2.75) is 33.4 Å². The third-order valence-electron chi connectivity index (χ3n) is 5.02. The van der Waals surface area contributed by atoms with E-state index >= 15 is 0 Å². The quantitative estimate of drug-likeness (QED) is 0.404. The van der Waals surface area contributed by atoms with Gasteiger partial charge in [-0.25, -0.2) is 4.57 Å². The number of amides is 1. The van der Waals surface area contributed by atoms with Crippen LogP contribution < -0.4 is 21.2 Å². The molecule has 4 aromatic rings. The number of aryl methyl sites for hydroxylation is 1. The van der Waals surface area contributed by atoms with E-state index in [9.17, 15) is 9.59 Å². The van der Waals surface area contributed by atoms with Gasteiger partial charge in [0.15, 0.2) is 0 Å². The van der Waals surface area contributed by atoms with Crippen molar-refractivity contribution in [1.82, 2.24) is 14.7 Å². The van der Waals surface area contributed by atoms with Gasteiger partial charge in [-0.1, -0.05) is 41.4 Å². The fraction of sp³-hybridized carbons (Fsp3) is 0.217. The molecule has 4 rings (SSSR count). The molecule has 3 aromatic heterocycles. The Hall–Kier alpha value is -3.74. The molecule has 0 saturated heterocycles. The number of nitrogens with one attached hydrogen (secondary N) is 1. The summed E-state index contributed by atoms with van der Waals surface area (Å²) >= 11 is 0. The predicted molar refractivity (Wildman–Crippen MR) is 116 cm³/mol. The summed E-state index contributed by atoms with van der Waals surface area (Å²) in [6, 6.07) is 14.9. The summed E-state index contributed by atoms with van der Waals surface area (Å²) in [5, 5.41) is 3.20. The predicted octanol–water partition coefficient (Wildman–Crippen LogP) is 2.21. The van der Waals surface area contributed by atoms with Crippen LogP contribution in [0.4, 0.5) is 5.82 Å². The normalized spacial score (nSPS) is 11.3. The Labute approximate surface area is 173 Å². The van der Waals surface area contributed by atoms with Gasteiger partial charge in [0.05, 0.1) is 6.54 Å². The number of carbonyl (C=O) groups is 1. The van der Waals surface area contributed by atoms with Gasteiger partial charge in [0.2, 0.25) is 11.5 Å². The molecule has 0 spiro atoms. The van der Waals surface area contributed by atoms with Gasteiger partial charge >= 0.3 is 0 Å². The second-order valence-electron chi connectivity index (χ2n) is 7.68. The SMILES string of the molecule is Cc1cccn2c(=O)c3cc(C(=O)NC(C)C)c(N)[n+](Cc4ccccc4)c3nc12. The Kier molecular flexibility index (Phi) is 4.95. The molecule has 0 fully saturated rings. The first-order valence-corrected chi connectivity index (χ1v) is 9.85. The zero-order valence-electron chi connectivity index (χ0n) is 17.2. The van der Waals surface area contributed by atoms with Gasteiger partial charge in [0.25, 0.3) is 17.1 Å². The largest absolute Gasteiger partial charge is 0.350 e. The van der Waals surface area contributed by atoms with Crippen molar-refractivity contribution in [3.63, 3.8) is 0 Å². The van der Waals surface area contributed by atoms with E-state index in [4.69, 9.17) is 10.7 Å². The van der Waals surface area contributed by atoms with Crippen LogP contribution in [0.1, 0.15) is 35.3 Å². The van der Waals surface area contributed by atoms with E-state index in [2.05, 4.69) is 5.32 Å². The van der Waals surface area contributed by atoms with Gasteiger partial charge in [0.1, 0.15) is 10.9 Å². The molecule has 0 aliphatic rings. The number of anilines is 1. The average Bonchev–Trinajstić information content (AvgIpc) is 2.71. The number of fused-ring (bicyclic) bond motifs is 2. The number of hydrogen-bond donors (Lipinski definition) is 2. The molecule has 0 aliphatic carbocycles. The summed E-state index contributed by atoms with van der Waals surface area (Å²) in [5.41, 5.74) is 9.37. The number of pyridine rings is 2. The average molecular weight is 402 g/mol. The maximum absolute atomic E-state index is 13.3. The summed E-state index contributed by atoms with van der Waals surface area (Å²) < 4.78 is 3.25. The number of hydrogen-bond acceptors (Lipinski definition) is 4. The Morgan fingerprint density at radius 3 is 2.63 bits per heavy atom. The highest BCUT2D eigenvalue weighted by molar-refractivity contribution is 6.00. The van der Waals surface area contributed by atoms with Gasteiger partial charge in [-0.15, -0.1) is 0 Å².